The number of hydrogen-bond acceptors (Lipinski definition) is 6. The maximum atomic E-state index is 14.4. The third-order valence-corrected chi connectivity index (χ3v) is 10.8. The highest BCUT2D eigenvalue weighted by atomic mass is 35.5. The van der Waals surface area contributed by atoms with Crippen LogP contribution in [-0.4, -0.2) is 71.9 Å². The van der Waals surface area contributed by atoms with E-state index in [4.69, 9.17) is 33.7 Å². The number of primary amides is 1. The summed E-state index contributed by atoms with van der Waals surface area (Å²) >= 11 is 12.7. The van der Waals surface area contributed by atoms with Crippen LogP contribution < -0.4 is 10.5 Å². The summed E-state index contributed by atoms with van der Waals surface area (Å²) in [5.74, 6) is -0.855. The Balaban J connectivity index is 1.42. The van der Waals surface area contributed by atoms with Crippen molar-refractivity contribution in [2.24, 2.45) is 5.73 Å². The second kappa shape index (κ2) is 16.0. The lowest BCUT2D eigenvalue weighted by atomic mass is 9.88. The topological polar surface area (TPSA) is 117 Å². The normalized spacial score (nSPS) is 15.1. The Labute approximate surface area is 293 Å². The van der Waals surface area contributed by atoms with Crippen LogP contribution in [0.1, 0.15) is 58.1 Å². The first-order valence-corrected chi connectivity index (χ1v) is 18.1. The van der Waals surface area contributed by atoms with Crippen molar-refractivity contribution < 1.29 is 18.5 Å². The van der Waals surface area contributed by atoms with Crippen LogP contribution in [0.3, 0.4) is 0 Å². The summed E-state index contributed by atoms with van der Waals surface area (Å²) in [6.45, 7) is 2.33. The lowest BCUT2D eigenvalue weighted by molar-refractivity contribution is -0.118. The molecule has 250 valence electrons. The summed E-state index contributed by atoms with van der Waals surface area (Å²) in [4.78, 5) is 31.6. The number of nitrogens with zero attached hydrogens (tertiary/aromatic N) is 3. The maximum absolute atomic E-state index is 14.4. The van der Waals surface area contributed by atoms with Crippen molar-refractivity contribution in [3.8, 4) is 11.8 Å². The highest BCUT2D eigenvalue weighted by molar-refractivity contribution is 7.84. The SMILES string of the molecule is COc1c(C#N)cc2ccccc2c1C(=O)N(CC(N)=O)CC(CCN1CCC(c2ccccc2[S@](C)=O)CC1)c1ccc(Cl)c(Cl)c1. The van der Waals surface area contributed by atoms with Gasteiger partial charge in [-0.1, -0.05) is 71.7 Å². The number of rotatable bonds is 12. The Morgan fingerprint density at radius 3 is 2.44 bits per heavy atom. The third-order valence-electron chi connectivity index (χ3n) is 9.08. The van der Waals surface area contributed by atoms with Crippen LogP contribution in [0.4, 0.5) is 0 Å². The quantitative estimate of drug-likeness (QED) is 0.175. The van der Waals surface area contributed by atoms with Gasteiger partial charge >= 0.3 is 0 Å². The molecule has 0 spiro atoms. The van der Waals surface area contributed by atoms with Crippen LogP contribution in [-0.2, 0) is 15.6 Å². The molecule has 2 amide bonds. The van der Waals surface area contributed by atoms with Crippen molar-refractivity contribution in [3.63, 3.8) is 0 Å². The third kappa shape index (κ3) is 8.01. The molecule has 2 atom stereocenters. The first kappa shape index (κ1) is 35.4. The lowest BCUT2D eigenvalue weighted by Gasteiger charge is -2.34. The Kier molecular flexibility index (Phi) is 11.8. The average molecular weight is 706 g/mol. The number of carbonyl (C=O) groups excluding carboxylic acids is 2. The summed E-state index contributed by atoms with van der Waals surface area (Å²) in [5.41, 5.74) is 8.17. The molecule has 0 radical (unpaired) electrons. The van der Waals surface area contributed by atoms with Gasteiger partial charge in [-0.2, -0.15) is 5.26 Å². The Morgan fingerprint density at radius 2 is 1.77 bits per heavy atom. The Morgan fingerprint density at radius 1 is 1.06 bits per heavy atom. The predicted octanol–water partition coefficient (Wildman–Crippen LogP) is 6.75. The van der Waals surface area contributed by atoms with Crippen molar-refractivity contribution in [3.05, 3.63) is 105 Å². The van der Waals surface area contributed by atoms with Crippen molar-refractivity contribution in [2.45, 2.75) is 36.0 Å². The molecule has 48 heavy (non-hydrogen) atoms. The van der Waals surface area contributed by atoms with Gasteiger partial charge in [0, 0.05) is 23.6 Å². The molecule has 0 saturated carbocycles. The summed E-state index contributed by atoms with van der Waals surface area (Å²) in [6.07, 6.45) is 4.28. The molecule has 8 nitrogen and oxygen atoms in total. The van der Waals surface area contributed by atoms with E-state index in [2.05, 4.69) is 17.0 Å². The molecule has 0 bridgehead atoms. The molecule has 0 aliphatic carbocycles. The summed E-state index contributed by atoms with van der Waals surface area (Å²) in [7, 11) is 0.370. The zero-order chi connectivity index (χ0) is 34.4. The smallest absolute Gasteiger partial charge is 0.258 e. The van der Waals surface area contributed by atoms with Crippen molar-refractivity contribution in [1.82, 2.24) is 9.80 Å². The lowest BCUT2D eigenvalue weighted by Crippen LogP contribution is -2.42. The molecule has 1 aliphatic rings. The number of nitrogens with two attached hydrogens (primary N) is 1. The van der Waals surface area contributed by atoms with Gasteiger partial charge < -0.3 is 20.3 Å². The zero-order valence-electron chi connectivity index (χ0n) is 27.0. The number of likely N-dealkylation sites (tertiary alicyclic amines) is 1. The molecule has 4 aromatic carbocycles. The van der Waals surface area contributed by atoms with Gasteiger partial charge in [0.1, 0.15) is 11.8 Å². The van der Waals surface area contributed by atoms with Gasteiger partial charge in [-0.05, 0) is 91.0 Å². The molecule has 1 unspecified atom stereocenters. The van der Waals surface area contributed by atoms with Gasteiger partial charge in [-0.15, -0.1) is 0 Å². The van der Waals surface area contributed by atoms with Crippen LogP contribution in [0.25, 0.3) is 10.8 Å². The Bertz CT molecular complexity index is 1890. The van der Waals surface area contributed by atoms with Gasteiger partial charge in [0.25, 0.3) is 5.91 Å². The predicted molar refractivity (Wildman–Crippen MR) is 191 cm³/mol. The molecule has 0 aromatic heterocycles. The molecular formula is C37H38Cl2N4O4S. The average Bonchev–Trinajstić information content (AvgIpc) is 3.09. The van der Waals surface area contributed by atoms with E-state index in [9.17, 15) is 19.1 Å². The minimum Gasteiger partial charge on any atom is -0.495 e. The molecule has 1 aliphatic heterocycles. The summed E-state index contributed by atoms with van der Waals surface area (Å²) in [5, 5.41) is 12.0. The second-order valence-corrected chi connectivity index (χ2v) is 14.2. The molecule has 11 heteroatoms. The van der Waals surface area contributed by atoms with E-state index in [0.717, 1.165) is 48.5 Å². The number of ether oxygens (including phenoxy) is 1. The van der Waals surface area contributed by atoms with Gasteiger partial charge in [0.2, 0.25) is 5.91 Å². The fourth-order valence-electron chi connectivity index (χ4n) is 6.68. The van der Waals surface area contributed by atoms with Gasteiger partial charge in [0.05, 0.1) is 45.6 Å². The molecule has 2 N–H and O–H groups in total. The number of halogens is 2. The minimum atomic E-state index is -1.05. The van der Waals surface area contributed by atoms with Crippen molar-refractivity contribution in [1.29, 1.82) is 5.26 Å². The van der Waals surface area contributed by atoms with Crippen LogP contribution >= 0.6 is 23.2 Å². The number of fused-ring (bicyclic) bond motifs is 1. The second-order valence-electron chi connectivity index (χ2n) is 12.1. The van der Waals surface area contributed by atoms with Crippen molar-refractivity contribution >= 4 is 56.6 Å². The van der Waals surface area contributed by atoms with Gasteiger partial charge in [-0.3, -0.25) is 13.8 Å². The standard InChI is InChI=1S/C37H38Cl2N4O4S/c1-47-36-28(21-40)19-26-7-3-4-9-30(26)35(36)37(45)43(23-34(41)44)22-27(25-11-12-31(38)32(39)20-25)15-18-42-16-13-24(14-17-42)29-8-5-6-10-33(29)48(2)46/h3-12,19-20,24,27H,13-18,22-23H2,1-2H3,(H2,41,44)/t27?,48-/m0/s1. The molecular weight excluding hydrogens is 667 g/mol. The number of methoxy groups -OCH3 is 1. The highest BCUT2D eigenvalue weighted by Gasteiger charge is 2.30. The fourth-order valence-corrected chi connectivity index (χ4v) is 7.83. The maximum Gasteiger partial charge on any atom is 0.258 e. The van der Waals surface area contributed by atoms with Crippen LogP contribution in [0.15, 0.2) is 77.7 Å². The van der Waals surface area contributed by atoms with Gasteiger partial charge in [-0.25, -0.2) is 0 Å². The summed E-state index contributed by atoms with van der Waals surface area (Å²) < 4.78 is 18.0. The van der Waals surface area contributed by atoms with E-state index < -0.39 is 22.6 Å². The number of hydrogen-bond donors (Lipinski definition) is 1. The minimum absolute atomic E-state index is 0.151. The largest absolute Gasteiger partial charge is 0.495 e. The summed E-state index contributed by atoms with van der Waals surface area (Å²) in [6, 6.07) is 24.5. The monoisotopic (exact) mass is 704 g/mol. The van der Waals surface area contributed by atoms with Crippen LogP contribution in [0.5, 0.6) is 5.75 Å². The first-order chi connectivity index (χ1) is 23.1. The number of piperidine rings is 1. The molecule has 1 saturated heterocycles. The number of nitriles is 1. The van der Waals surface area contributed by atoms with E-state index in [1.165, 1.54) is 12.0 Å². The number of amides is 2. The van der Waals surface area contributed by atoms with Gasteiger partial charge in [0.15, 0.2) is 0 Å². The Hall–Kier alpha value is -3.94. The molecule has 4 aromatic rings. The van der Waals surface area contributed by atoms with E-state index >= 15 is 0 Å². The molecule has 1 fully saturated rings. The van der Waals surface area contributed by atoms with Crippen LogP contribution in [0, 0.1) is 11.3 Å². The van der Waals surface area contributed by atoms with E-state index in [-0.39, 0.29) is 35.9 Å². The molecule has 5 rings (SSSR count). The number of carbonyl (C=O) groups is 2. The highest BCUT2D eigenvalue weighted by Crippen LogP contribution is 2.36. The van der Waals surface area contributed by atoms with Crippen molar-refractivity contribution in [2.75, 3.05) is 46.1 Å². The fraction of sp³-hybridized carbons (Fsp3) is 0.324. The zero-order valence-corrected chi connectivity index (χ0v) is 29.3. The number of benzene rings is 4. The van der Waals surface area contributed by atoms with E-state index in [1.807, 2.05) is 48.5 Å². The van der Waals surface area contributed by atoms with Crippen LogP contribution in [0.2, 0.25) is 10.0 Å². The first-order valence-electron chi connectivity index (χ1n) is 15.8. The van der Waals surface area contributed by atoms with E-state index in [0.29, 0.717) is 33.2 Å². The molecule has 1 heterocycles. The van der Waals surface area contributed by atoms with E-state index in [1.54, 1.807) is 24.5 Å².